The normalized spacial score (nSPS) is 13.7. The number of ether oxygens (including phenoxy) is 2. The number of hydrogen-bond donors (Lipinski definition) is 2. The zero-order chi connectivity index (χ0) is 11.9. The van der Waals surface area contributed by atoms with Gasteiger partial charge in [0.25, 0.3) is 0 Å². The van der Waals surface area contributed by atoms with Crippen LogP contribution in [0.1, 0.15) is 27.2 Å². The molecule has 5 nitrogen and oxygen atoms in total. The third-order valence-corrected chi connectivity index (χ3v) is 1.57. The van der Waals surface area contributed by atoms with Crippen molar-refractivity contribution >= 4 is 5.97 Å². The molecule has 0 bridgehead atoms. The number of rotatable bonds is 6. The molecule has 0 amide bonds. The lowest BCUT2D eigenvalue weighted by molar-refractivity contribution is -0.156. The zero-order valence-electron chi connectivity index (χ0n) is 9.66. The van der Waals surface area contributed by atoms with E-state index in [1.165, 1.54) is 0 Å². The number of aliphatic hydroxyl groups is 1. The highest BCUT2D eigenvalue weighted by Crippen LogP contribution is 2.05. The summed E-state index contributed by atoms with van der Waals surface area (Å²) in [6.45, 7) is 6.48. The van der Waals surface area contributed by atoms with Crippen LogP contribution < -0.4 is 5.73 Å². The molecule has 0 aliphatic carbocycles. The number of nitrogens with two attached hydrogens (primary N) is 1. The van der Waals surface area contributed by atoms with Crippen LogP contribution in [0.5, 0.6) is 0 Å². The number of hydrogen-bond acceptors (Lipinski definition) is 5. The molecule has 0 aliphatic heterocycles. The predicted molar refractivity (Wildman–Crippen MR) is 56.3 cm³/mol. The molecular weight excluding hydrogens is 198 g/mol. The Morgan fingerprint density at radius 3 is 2.47 bits per heavy atom. The summed E-state index contributed by atoms with van der Waals surface area (Å²) < 4.78 is 10.1. The molecule has 0 fully saturated rings. The van der Waals surface area contributed by atoms with E-state index in [9.17, 15) is 9.90 Å². The van der Waals surface area contributed by atoms with Crippen molar-refractivity contribution in [1.82, 2.24) is 0 Å². The molecule has 0 aromatic carbocycles. The van der Waals surface area contributed by atoms with Crippen LogP contribution in [0.15, 0.2) is 0 Å². The first-order chi connectivity index (χ1) is 6.87. The smallest absolute Gasteiger partial charge is 0.335 e. The summed E-state index contributed by atoms with van der Waals surface area (Å²) in [6.07, 6.45) is -0.900. The molecule has 0 aromatic rings. The van der Waals surface area contributed by atoms with Crippen LogP contribution in [-0.2, 0) is 14.3 Å². The van der Waals surface area contributed by atoms with Gasteiger partial charge < -0.3 is 20.3 Å². The standard InChI is InChI=1S/C10H21NO4/c1-10(2,3)15-7-6-14-9(13)8(12)4-5-11/h8,12H,4-7,11H2,1-3H3/t8-/m0/s1. The second kappa shape index (κ2) is 6.76. The third kappa shape index (κ3) is 8.35. The fourth-order valence-corrected chi connectivity index (χ4v) is 0.862. The van der Waals surface area contributed by atoms with Gasteiger partial charge in [-0.05, 0) is 33.7 Å². The maximum absolute atomic E-state index is 11.1. The molecular formula is C10H21NO4. The molecule has 0 heterocycles. The molecule has 3 N–H and O–H groups in total. The molecule has 0 spiro atoms. The van der Waals surface area contributed by atoms with Gasteiger partial charge in [0.05, 0.1) is 12.2 Å². The molecule has 0 aromatic heterocycles. The Hall–Kier alpha value is -0.650. The maximum atomic E-state index is 11.1. The number of carbonyl (C=O) groups excluding carboxylic acids is 1. The summed E-state index contributed by atoms with van der Waals surface area (Å²) in [5.41, 5.74) is 4.94. The van der Waals surface area contributed by atoms with E-state index < -0.39 is 12.1 Å². The molecule has 0 aliphatic rings. The molecule has 0 unspecified atom stereocenters. The Bertz CT molecular complexity index is 188. The van der Waals surface area contributed by atoms with E-state index in [2.05, 4.69) is 0 Å². The number of carbonyl (C=O) groups is 1. The summed E-state index contributed by atoms with van der Waals surface area (Å²) in [6, 6.07) is 0. The van der Waals surface area contributed by atoms with E-state index in [1.807, 2.05) is 20.8 Å². The lowest BCUT2D eigenvalue weighted by atomic mass is 10.2. The lowest BCUT2D eigenvalue weighted by Crippen LogP contribution is -2.28. The van der Waals surface area contributed by atoms with Crippen molar-refractivity contribution < 1.29 is 19.4 Å². The zero-order valence-corrected chi connectivity index (χ0v) is 9.66. The predicted octanol–water partition coefficient (Wildman–Crippen LogP) is 0.0544. The molecule has 90 valence electrons. The second-order valence-corrected chi connectivity index (χ2v) is 4.22. The van der Waals surface area contributed by atoms with Gasteiger partial charge in [-0.3, -0.25) is 0 Å². The maximum Gasteiger partial charge on any atom is 0.335 e. The van der Waals surface area contributed by atoms with Crippen molar-refractivity contribution in [1.29, 1.82) is 0 Å². The molecule has 1 atom stereocenters. The highest BCUT2D eigenvalue weighted by atomic mass is 16.6. The van der Waals surface area contributed by atoms with Gasteiger partial charge in [-0.25, -0.2) is 4.79 Å². The van der Waals surface area contributed by atoms with Crippen LogP contribution in [0.2, 0.25) is 0 Å². The van der Waals surface area contributed by atoms with E-state index in [1.54, 1.807) is 0 Å². The van der Waals surface area contributed by atoms with Crippen molar-refractivity contribution in [2.75, 3.05) is 19.8 Å². The Morgan fingerprint density at radius 1 is 1.40 bits per heavy atom. The Morgan fingerprint density at radius 2 is 2.00 bits per heavy atom. The van der Waals surface area contributed by atoms with Gasteiger partial charge in [0, 0.05) is 0 Å². The molecule has 15 heavy (non-hydrogen) atoms. The van der Waals surface area contributed by atoms with Gasteiger partial charge in [-0.15, -0.1) is 0 Å². The minimum absolute atomic E-state index is 0.151. The van der Waals surface area contributed by atoms with Gasteiger partial charge in [0.1, 0.15) is 6.61 Å². The highest BCUT2D eigenvalue weighted by molar-refractivity contribution is 5.74. The number of esters is 1. The average molecular weight is 219 g/mol. The quantitative estimate of drug-likeness (QED) is 0.487. The molecule has 0 saturated carbocycles. The van der Waals surface area contributed by atoms with Crippen LogP contribution in [-0.4, -0.2) is 42.5 Å². The van der Waals surface area contributed by atoms with E-state index in [0.29, 0.717) is 6.61 Å². The minimum Gasteiger partial charge on any atom is -0.461 e. The first-order valence-corrected chi connectivity index (χ1v) is 5.05. The Labute approximate surface area is 90.5 Å². The summed E-state index contributed by atoms with van der Waals surface area (Å²) >= 11 is 0. The Kier molecular flexibility index (Phi) is 6.47. The van der Waals surface area contributed by atoms with Crippen LogP contribution in [0.3, 0.4) is 0 Å². The van der Waals surface area contributed by atoms with E-state index in [4.69, 9.17) is 15.2 Å². The molecule has 0 radical (unpaired) electrons. The summed E-state index contributed by atoms with van der Waals surface area (Å²) in [4.78, 5) is 11.1. The monoisotopic (exact) mass is 219 g/mol. The van der Waals surface area contributed by atoms with Crippen molar-refractivity contribution in [2.24, 2.45) is 5.73 Å². The lowest BCUT2D eigenvalue weighted by Gasteiger charge is -2.19. The van der Waals surface area contributed by atoms with Crippen LogP contribution >= 0.6 is 0 Å². The average Bonchev–Trinajstić information content (AvgIpc) is 2.11. The van der Waals surface area contributed by atoms with Gasteiger partial charge in [-0.2, -0.15) is 0 Å². The van der Waals surface area contributed by atoms with Crippen molar-refractivity contribution in [3.8, 4) is 0 Å². The van der Waals surface area contributed by atoms with Gasteiger partial charge in [0.2, 0.25) is 0 Å². The topological polar surface area (TPSA) is 81.8 Å². The van der Waals surface area contributed by atoms with Crippen LogP contribution in [0.25, 0.3) is 0 Å². The summed E-state index contributed by atoms with van der Waals surface area (Å²) in [5.74, 6) is -0.641. The third-order valence-electron chi connectivity index (χ3n) is 1.57. The highest BCUT2D eigenvalue weighted by Gasteiger charge is 2.16. The summed E-state index contributed by atoms with van der Waals surface area (Å²) in [5, 5.41) is 9.18. The summed E-state index contributed by atoms with van der Waals surface area (Å²) in [7, 11) is 0. The molecule has 0 rings (SSSR count). The minimum atomic E-state index is -1.12. The number of aliphatic hydroxyl groups excluding tert-OH is 1. The fraction of sp³-hybridized carbons (Fsp3) is 0.900. The van der Waals surface area contributed by atoms with Gasteiger partial charge in [0.15, 0.2) is 6.10 Å². The van der Waals surface area contributed by atoms with Crippen LogP contribution in [0, 0.1) is 0 Å². The molecule has 5 heteroatoms. The van der Waals surface area contributed by atoms with Crippen molar-refractivity contribution in [3.05, 3.63) is 0 Å². The first kappa shape index (κ1) is 14.3. The van der Waals surface area contributed by atoms with Crippen molar-refractivity contribution in [3.63, 3.8) is 0 Å². The van der Waals surface area contributed by atoms with Crippen LogP contribution in [0.4, 0.5) is 0 Å². The molecule has 0 saturated heterocycles. The second-order valence-electron chi connectivity index (χ2n) is 4.22. The van der Waals surface area contributed by atoms with Gasteiger partial charge >= 0.3 is 5.97 Å². The van der Waals surface area contributed by atoms with Crippen molar-refractivity contribution in [2.45, 2.75) is 38.9 Å². The Balaban J connectivity index is 3.55. The van der Waals surface area contributed by atoms with E-state index in [0.717, 1.165) is 0 Å². The largest absolute Gasteiger partial charge is 0.461 e. The van der Waals surface area contributed by atoms with E-state index in [-0.39, 0.29) is 25.2 Å². The first-order valence-electron chi connectivity index (χ1n) is 5.05. The van der Waals surface area contributed by atoms with Gasteiger partial charge in [-0.1, -0.05) is 0 Å². The van der Waals surface area contributed by atoms with E-state index >= 15 is 0 Å². The fourth-order valence-electron chi connectivity index (χ4n) is 0.862. The SMILES string of the molecule is CC(C)(C)OCCOC(=O)[C@@H](O)CCN.